The van der Waals surface area contributed by atoms with Gasteiger partial charge in [0.2, 0.25) is 6.41 Å². The molecule has 1 aliphatic rings. The van der Waals surface area contributed by atoms with Crippen LogP contribution in [0.2, 0.25) is 0 Å². The number of rotatable bonds is 11. The lowest BCUT2D eigenvalue weighted by atomic mass is 9.78. The SMILES string of the molecule is CCCN(C)Cc1cn[nH]c1C1CCC(CCN(C=O)Cc2cc(F)cc(F)c2)CC1. The van der Waals surface area contributed by atoms with E-state index in [1.165, 1.54) is 23.4 Å². The van der Waals surface area contributed by atoms with Crippen LogP contribution in [0.25, 0.3) is 0 Å². The first-order chi connectivity index (χ1) is 15.0. The van der Waals surface area contributed by atoms with Gasteiger partial charge in [0.05, 0.1) is 6.20 Å². The Bertz CT molecular complexity index is 812. The molecule has 1 saturated carbocycles. The molecule has 0 saturated heterocycles. The number of carbonyl (C=O) groups is 1. The van der Waals surface area contributed by atoms with Crippen molar-refractivity contribution in [3.8, 4) is 0 Å². The lowest BCUT2D eigenvalue weighted by Crippen LogP contribution is -2.26. The second-order valence-corrected chi connectivity index (χ2v) is 8.91. The van der Waals surface area contributed by atoms with Gasteiger partial charge in [-0.15, -0.1) is 0 Å². The van der Waals surface area contributed by atoms with Crippen LogP contribution in [0.4, 0.5) is 8.78 Å². The van der Waals surface area contributed by atoms with Gasteiger partial charge in [-0.1, -0.05) is 6.92 Å². The summed E-state index contributed by atoms with van der Waals surface area (Å²) in [7, 11) is 2.15. The van der Waals surface area contributed by atoms with Gasteiger partial charge in [0.25, 0.3) is 0 Å². The highest BCUT2D eigenvalue weighted by Crippen LogP contribution is 2.37. The Hall–Kier alpha value is -2.28. The van der Waals surface area contributed by atoms with E-state index in [-0.39, 0.29) is 6.54 Å². The van der Waals surface area contributed by atoms with Crippen LogP contribution in [0.1, 0.15) is 68.2 Å². The first-order valence-corrected chi connectivity index (χ1v) is 11.3. The molecule has 0 atom stereocenters. The number of nitrogens with one attached hydrogen (secondary N) is 1. The maximum absolute atomic E-state index is 13.4. The molecular formula is C24H34F2N4O. The Morgan fingerprint density at radius 1 is 1.10 bits per heavy atom. The van der Waals surface area contributed by atoms with Gasteiger partial charge in [-0.25, -0.2) is 8.78 Å². The summed E-state index contributed by atoms with van der Waals surface area (Å²) >= 11 is 0. The summed E-state index contributed by atoms with van der Waals surface area (Å²) in [4.78, 5) is 15.4. The van der Waals surface area contributed by atoms with E-state index < -0.39 is 11.6 Å². The second kappa shape index (κ2) is 11.4. The highest BCUT2D eigenvalue weighted by atomic mass is 19.1. The van der Waals surface area contributed by atoms with Crippen LogP contribution in [-0.2, 0) is 17.9 Å². The molecule has 170 valence electrons. The average Bonchev–Trinajstić information content (AvgIpc) is 3.19. The maximum Gasteiger partial charge on any atom is 0.210 e. The van der Waals surface area contributed by atoms with Crippen LogP contribution in [0.15, 0.2) is 24.4 Å². The molecule has 1 aliphatic carbocycles. The second-order valence-electron chi connectivity index (χ2n) is 8.91. The molecule has 5 nitrogen and oxygen atoms in total. The molecular weight excluding hydrogens is 398 g/mol. The minimum Gasteiger partial charge on any atom is -0.341 e. The monoisotopic (exact) mass is 432 g/mol. The summed E-state index contributed by atoms with van der Waals surface area (Å²) in [5, 5.41) is 7.54. The van der Waals surface area contributed by atoms with Gasteiger partial charge in [0.1, 0.15) is 11.6 Å². The summed E-state index contributed by atoms with van der Waals surface area (Å²) in [5.41, 5.74) is 3.06. The summed E-state index contributed by atoms with van der Waals surface area (Å²) in [6, 6.07) is 3.41. The van der Waals surface area contributed by atoms with Crippen molar-refractivity contribution < 1.29 is 13.6 Å². The molecule has 1 aromatic heterocycles. The van der Waals surface area contributed by atoms with E-state index in [2.05, 4.69) is 29.1 Å². The molecule has 1 aromatic carbocycles. The molecule has 7 heteroatoms. The number of hydrogen-bond donors (Lipinski definition) is 1. The molecule has 31 heavy (non-hydrogen) atoms. The maximum atomic E-state index is 13.4. The Morgan fingerprint density at radius 3 is 2.45 bits per heavy atom. The summed E-state index contributed by atoms with van der Waals surface area (Å²) in [6.45, 7) is 5.03. The van der Waals surface area contributed by atoms with Gasteiger partial charge >= 0.3 is 0 Å². The van der Waals surface area contributed by atoms with Crippen LogP contribution in [0, 0.1) is 17.6 Å². The fraction of sp³-hybridized carbons (Fsp3) is 0.583. The third-order valence-electron chi connectivity index (χ3n) is 6.33. The van der Waals surface area contributed by atoms with Crippen molar-refractivity contribution in [2.45, 2.75) is 64.5 Å². The highest BCUT2D eigenvalue weighted by molar-refractivity contribution is 5.47. The summed E-state index contributed by atoms with van der Waals surface area (Å²) in [6.07, 6.45) is 9.27. The van der Waals surface area contributed by atoms with Crippen LogP contribution < -0.4 is 0 Å². The van der Waals surface area contributed by atoms with Crippen molar-refractivity contribution in [1.82, 2.24) is 20.0 Å². The predicted molar refractivity (Wildman–Crippen MR) is 117 cm³/mol. The van der Waals surface area contributed by atoms with Crippen molar-refractivity contribution in [3.63, 3.8) is 0 Å². The third-order valence-corrected chi connectivity index (χ3v) is 6.33. The van der Waals surface area contributed by atoms with Crippen molar-refractivity contribution in [2.75, 3.05) is 20.1 Å². The molecule has 1 amide bonds. The fourth-order valence-corrected chi connectivity index (χ4v) is 4.75. The normalized spacial score (nSPS) is 19.0. The smallest absolute Gasteiger partial charge is 0.210 e. The molecule has 1 N–H and O–H groups in total. The molecule has 2 aromatic rings. The van der Waals surface area contributed by atoms with Crippen LogP contribution in [0.3, 0.4) is 0 Å². The van der Waals surface area contributed by atoms with Crippen LogP contribution in [0.5, 0.6) is 0 Å². The Morgan fingerprint density at radius 2 is 1.81 bits per heavy atom. The topological polar surface area (TPSA) is 52.2 Å². The van der Waals surface area contributed by atoms with E-state index in [0.29, 0.717) is 23.9 Å². The van der Waals surface area contributed by atoms with Crippen molar-refractivity contribution in [3.05, 3.63) is 52.9 Å². The molecule has 1 heterocycles. The lowest BCUT2D eigenvalue weighted by Gasteiger charge is -2.30. The summed E-state index contributed by atoms with van der Waals surface area (Å²) < 4.78 is 26.8. The molecule has 0 spiro atoms. The largest absolute Gasteiger partial charge is 0.341 e. The highest BCUT2D eigenvalue weighted by Gasteiger charge is 2.25. The van der Waals surface area contributed by atoms with Gasteiger partial charge in [-0.05, 0) is 75.7 Å². The van der Waals surface area contributed by atoms with Crippen molar-refractivity contribution in [1.29, 1.82) is 0 Å². The standard InChI is InChI=1S/C24H34F2N4O/c1-3-9-29(2)16-21-14-27-28-24(21)20-6-4-18(5-7-20)8-10-30(17-31)15-19-11-22(25)13-23(26)12-19/h11-14,17-18,20H,3-10,15-16H2,1-2H3,(H,27,28). The van der Waals surface area contributed by atoms with Gasteiger partial charge in [-0.3, -0.25) is 9.89 Å². The Labute approximate surface area is 183 Å². The number of amides is 1. The number of halogens is 2. The average molecular weight is 433 g/mol. The first-order valence-electron chi connectivity index (χ1n) is 11.3. The van der Waals surface area contributed by atoms with Gasteiger partial charge in [0.15, 0.2) is 0 Å². The predicted octanol–water partition coefficient (Wildman–Crippen LogP) is 4.85. The van der Waals surface area contributed by atoms with E-state index in [0.717, 1.165) is 64.1 Å². The van der Waals surface area contributed by atoms with Crippen molar-refractivity contribution >= 4 is 6.41 Å². The Balaban J connectivity index is 1.47. The zero-order chi connectivity index (χ0) is 22.2. The first kappa shape index (κ1) is 23.4. The third kappa shape index (κ3) is 6.86. The van der Waals surface area contributed by atoms with E-state index in [1.807, 2.05) is 6.20 Å². The van der Waals surface area contributed by atoms with Crippen LogP contribution in [-0.4, -0.2) is 46.5 Å². The molecule has 3 rings (SSSR count). The zero-order valence-electron chi connectivity index (χ0n) is 18.6. The number of nitrogens with zero attached hydrogens (tertiary/aromatic N) is 3. The zero-order valence-corrected chi connectivity index (χ0v) is 18.6. The van der Waals surface area contributed by atoms with Gasteiger partial charge in [0, 0.05) is 42.9 Å². The van der Waals surface area contributed by atoms with Gasteiger partial charge < -0.3 is 9.80 Å². The summed E-state index contributed by atoms with van der Waals surface area (Å²) in [5.74, 6) is -0.144. The van der Waals surface area contributed by atoms with E-state index >= 15 is 0 Å². The van der Waals surface area contributed by atoms with Gasteiger partial charge in [-0.2, -0.15) is 5.10 Å². The fourth-order valence-electron chi connectivity index (χ4n) is 4.75. The number of carbonyl (C=O) groups excluding carboxylic acids is 1. The quantitative estimate of drug-likeness (QED) is 0.517. The molecule has 0 radical (unpaired) electrons. The lowest BCUT2D eigenvalue weighted by molar-refractivity contribution is -0.118. The minimum absolute atomic E-state index is 0.232. The number of benzene rings is 1. The minimum atomic E-state index is -0.613. The molecule has 0 unspecified atom stereocenters. The molecule has 0 bridgehead atoms. The molecule has 0 aliphatic heterocycles. The van der Waals surface area contributed by atoms with E-state index in [9.17, 15) is 13.6 Å². The Kier molecular flexibility index (Phi) is 8.58. The van der Waals surface area contributed by atoms with Crippen molar-refractivity contribution in [2.24, 2.45) is 5.92 Å². The van der Waals surface area contributed by atoms with E-state index in [4.69, 9.17) is 0 Å². The van der Waals surface area contributed by atoms with E-state index in [1.54, 1.807) is 4.90 Å². The number of aromatic nitrogens is 2. The molecule has 1 fully saturated rings. The number of hydrogen-bond acceptors (Lipinski definition) is 3. The number of H-pyrrole nitrogens is 1. The number of aromatic amines is 1. The van der Waals surface area contributed by atoms with Crippen LogP contribution >= 0.6 is 0 Å².